The number of carbonyl (C=O) groups is 2. The molecule has 0 aliphatic carbocycles. The SMILES string of the molecule is Cn1nccc1COC(=O)N1CCc2c(ccc(F)c2F)[C@H]1c1cc(Cl)ccc1OCC(=O)O. The fraction of sp³-hybridized carbons (Fsp3) is 0.261. The molecular formula is C23H20ClF2N3O5. The van der Waals surface area contributed by atoms with Crippen LogP contribution < -0.4 is 4.74 Å². The molecule has 1 N–H and O–H groups in total. The van der Waals surface area contributed by atoms with Crippen molar-refractivity contribution in [1.29, 1.82) is 0 Å². The van der Waals surface area contributed by atoms with E-state index in [2.05, 4.69) is 5.10 Å². The van der Waals surface area contributed by atoms with Gasteiger partial charge >= 0.3 is 12.1 Å². The topological polar surface area (TPSA) is 93.9 Å². The largest absolute Gasteiger partial charge is 0.482 e. The number of fused-ring (bicyclic) bond motifs is 1. The average molecular weight is 492 g/mol. The fourth-order valence-corrected chi connectivity index (χ4v) is 4.13. The highest BCUT2D eigenvalue weighted by molar-refractivity contribution is 6.30. The number of hydrogen-bond acceptors (Lipinski definition) is 5. The number of halogens is 3. The first-order valence-corrected chi connectivity index (χ1v) is 10.6. The number of carboxylic acids is 1. The summed E-state index contributed by atoms with van der Waals surface area (Å²) in [6.45, 7) is -0.675. The summed E-state index contributed by atoms with van der Waals surface area (Å²) in [4.78, 5) is 25.6. The molecule has 2 heterocycles. The van der Waals surface area contributed by atoms with Crippen LogP contribution in [0.15, 0.2) is 42.6 Å². The molecule has 0 saturated heterocycles. The average Bonchev–Trinajstić information content (AvgIpc) is 3.22. The van der Waals surface area contributed by atoms with Gasteiger partial charge in [-0.25, -0.2) is 18.4 Å². The lowest BCUT2D eigenvalue weighted by Crippen LogP contribution is -2.41. The van der Waals surface area contributed by atoms with Crippen molar-refractivity contribution in [3.05, 3.63) is 81.6 Å². The summed E-state index contributed by atoms with van der Waals surface area (Å²) in [6, 6.07) is 7.58. The minimum Gasteiger partial charge on any atom is -0.482 e. The summed E-state index contributed by atoms with van der Waals surface area (Å²) in [6.07, 6.45) is 0.923. The van der Waals surface area contributed by atoms with Gasteiger partial charge in [0.25, 0.3) is 0 Å². The van der Waals surface area contributed by atoms with Gasteiger partial charge in [-0.05, 0) is 47.9 Å². The van der Waals surface area contributed by atoms with Crippen LogP contribution in [0.2, 0.25) is 5.02 Å². The number of benzene rings is 2. The molecule has 0 fully saturated rings. The predicted octanol–water partition coefficient (Wildman–Crippen LogP) is 4.10. The molecule has 178 valence electrons. The highest BCUT2D eigenvalue weighted by atomic mass is 35.5. The second-order valence-electron chi connectivity index (χ2n) is 7.64. The quantitative estimate of drug-likeness (QED) is 0.558. The summed E-state index contributed by atoms with van der Waals surface area (Å²) >= 11 is 6.21. The van der Waals surface area contributed by atoms with Crippen molar-refractivity contribution in [2.45, 2.75) is 19.1 Å². The Hall–Kier alpha value is -3.66. The highest BCUT2D eigenvalue weighted by Gasteiger charge is 2.37. The van der Waals surface area contributed by atoms with Crippen LogP contribution in [-0.2, 0) is 29.6 Å². The highest BCUT2D eigenvalue weighted by Crippen LogP contribution is 2.41. The first-order chi connectivity index (χ1) is 16.3. The molecule has 1 aliphatic rings. The number of amides is 1. The summed E-state index contributed by atoms with van der Waals surface area (Å²) in [5.41, 5.74) is 1.41. The lowest BCUT2D eigenvalue weighted by Gasteiger charge is -2.37. The third kappa shape index (κ3) is 4.67. The van der Waals surface area contributed by atoms with E-state index in [1.54, 1.807) is 24.0 Å². The van der Waals surface area contributed by atoms with Gasteiger partial charge in [-0.1, -0.05) is 17.7 Å². The zero-order chi connectivity index (χ0) is 24.4. The lowest BCUT2D eigenvalue weighted by atomic mass is 9.87. The molecule has 34 heavy (non-hydrogen) atoms. The van der Waals surface area contributed by atoms with Crippen molar-refractivity contribution in [2.24, 2.45) is 7.05 Å². The van der Waals surface area contributed by atoms with E-state index in [0.717, 1.165) is 6.07 Å². The Morgan fingerprint density at radius 2 is 2.00 bits per heavy atom. The summed E-state index contributed by atoms with van der Waals surface area (Å²) in [7, 11) is 1.71. The maximum Gasteiger partial charge on any atom is 0.410 e. The Kier molecular flexibility index (Phi) is 6.69. The molecule has 0 spiro atoms. The molecule has 1 atom stereocenters. The van der Waals surface area contributed by atoms with Crippen molar-refractivity contribution in [3.63, 3.8) is 0 Å². The first kappa shape index (κ1) is 23.5. The Morgan fingerprint density at radius 1 is 1.21 bits per heavy atom. The van der Waals surface area contributed by atoms with Crippen molar-refractivity contribution in [1.82, 2.24) is 14.7 Å². The molecule has 1 amide bonds. The minimum atomic E-state index is -1.20. The van der Waals surface area contributed by atoms with Crippen LogP contribution in [0.4, 0.5) is 13.6 Å². The van der Waals surface area contributed by atoms with E-state index in [9.17, 15) is 18.4 Å². The molecule has 1 aliphatic heterocycles. The van der Waals surface area contributed by atoms with Crippen LogP contribution in [0.3, 0.4) is 0 Å². The summed E-state index contributed by atoms with van der Waals surface area (Å²) in [5, 5.41) is 13.4. The fourth-order valence-electron chi connectivity index (χ4n) is 3.94. The first-order valence-electron chi connectivity index (χ1n) is 10.3. The lowest BCUT2D eigenvalue weighted by molar-refractivity contribution is -0.139. The van der Waals surface area contributed by atoms with Gasteiger partial charge in [-0.3, -0.25) is 9.58 Å². The van der Waals surface area contributed by atoms with E-state index in [4.69, 9.17) is 26.2 Å². The number of aryl methyl sites for hydroxylation is 1. The monoisotopic (exact) mass is 491 g/mol. The Balaban J connectivity index is 1.76. The number of aromatic nitrogens is 2. The third-order valence-corrected chi connectivity index (χ3v) is 5.79. The smallest absolute Gasteiger partial charge is 0.410 e. The van der Waals surface area contributed by atoms with Crippen LogP contribution in [0.25, 0.3) is 0 Å². The maximum atomic E-state index is 14.7. The zero-order valence-corrected chi connectivity index (χ0v) is 18.8. The van der Waals surface area contributed by atoms with Crippen LogP contribution in [0.5, 0.6) is 5.75 Å². The number of carboxylic acid groups (broad SMARTS) is 1. The molecule has 0 saturated carbocycles. The van der Waals surface area contributed by atoms with E-state index in [-0.39, 0.29) is 35.9 Å². The van der Waals surface area contributed by atoms with Gasteiger partial charge in [0.2, 0.25) is 0 Å². The number of carbonyl (C=O) groups excluding carboxylic acids is 1. The summed E-state index contributed by atoms with van der Waals surface area (Å²) < 4.78 is 41.1. The number of ether oxygens (including phenoxy) is 2. The molecule has 2 aromatic carbocycles. The molecule has 11 heteroatoms. The molecule has 0 bridgehead atoms. The predicted molar refractivity (Wildman–Crippen MR) is 117 cm³/mol. The number of nitrogens with zero attached hydrogens (tertiary/aromatic N) is 3. The standard InChI is InChI=1S/C23H20ClF2N3O5/c1-28-14(6-8-27-28)11-34-23(32)29-9-7-15-16(3-4-18(25)21(15)26)22(29)17-10-13(24)2-5-19(17)33-12-20(30)31/h2-6,8,10,22H,7,9,11-12H2,1H3,(H,30,31)/t22-/m0/s1. The van der Waals surface area contributed by atoms with E-state index in [0.29, 0.717) is 16.8 Å². The molecule has 8 nitrogen and oxygen atoms in total. The molecule has 0 radical (unpaired) electrons. The number of hydrogen-bond donors (Lipinski definition) is 1. The molecule has 3 aromatic rings. The maximum absolute atomic E-state index is 14.7. The van der Waals surface area contributed by atoms with Crippen LogP contribution in [0, 0.1) is 11.6 Å². The Labute approximate surface area is 198 Å². The number of aliphatic carboxylic acids is 1. The zero-order valence-electron chi connectivity index (χ0n) is 18.0. The van der Waals surface area contributed by atoms with E-state index in [1.807, 2.05) is 0 Å². The van der Waals surface area contributed by atoms with Crippen molar-refractivity contribution in [3.8, 4) is 5.75 Å². The van der Waals surface area contributed by atoms with E-state index in [1.165, 1.54) is 29.2 Å². The second-order valence-corrected chi connectivity index (χ2v) is 8.08. The molecule has 0 unspecified atom stereocenters. The van der Waals surface area contributed by atoms with E-state index < -0.39 is 36.3 Å². The van der Waals surface area contributed by atoms with E-state index >= 15 is 0 Å². The Morgan fingerprint density at radius 3 is 2.71 bits per heavy atom. The van der Waals surface area contributed by atoms with Gasteiger partial charge in [0.15, 0.2) is 18.2 Å². The second kappa shape index (κ2) is 9.68. The van der Waals surface area contributed by atoms with Crippen LogP contribution in [-0.4, -0.2) is 45.0 Å². The molecular weight excluding hydrogens is 472 g/mol. The van der Waals surface area contributed by atoms with Crippen molar-refractivity contribution < 1.29 is 33.0 Å². The third-order valence-electron chi connectivity index (χ3n) is 5.56. The summed E-state index contributed by atoms with van der Waals surface area (Å²) in [5.74, 6) is -3.07. The van der Waals surface area contributed by atoms with Gasteiger partial charge in [0.1, 0.15) is 12.4 Å². The van der Waals surface area contributed by atoms with Crippen LogP contribution >= 0.6 is 11.6 Å². The normalized spacial score (nSPS) is 15.1. The molecule has 1 aromatic heterocycles. The van der Waals surface area contributed by atoms with Crippen LogP contribution in [0.1, 0.15) is 28.4 Å². The van der Waals surface area contributed by atoms with Crippen molar-refractivity contribution >= 4 is 23.7 Å². The van der Waals surface area contributed by atoms with Gasteiger partial charge in [-0.15, -0.1) is 0 Å². The van der Waals surface area contributed by atoms with Crippen molar-refractivity contribution in [2.75, 3.05) is 13.2 Å². The van der Waals surface area contributed by atoms with Gasteiger partial charge in [0, 0.05) is 30.4 Å². The Bertz CT molecular complexity index is 1250. The minimum absolute atomic E-state index is 0.0210. The van der Waals surface area contributed by atoms with Gasteiger partial charge in [-0.2, -0.15) is 5.10 Å². The van der Waals surface area contributed by atoms with Gasteiger partial charge in [0.05, 0.1) is 11.7 Å². The number of rotatable bonds is 6. The molecule has 4 rings (SSSR count). The van der Waals surface area contributed by atoms with Gasteiger partial charge < -0.3 is 14.6 Å².